The molecule has 3 nitrogen and oxygen atoms in total. The molecule has 4 heteroatoms. The second-order valence-corrected chi connectivity index (χ2v) is 5.18. The predicted octanol–water partition coefficient (Wildman–Crippen LogP) is -0.198. The van der Waals surface area contributed by atoms with Crippen LogP contribution in [0.15, 0.2) is 0 Å². The van der Waals surface area contributed by atoms with Crippen LogP contribution in [-0.4, -0.2) is 31.1 Å². The van der Waals surface area contributed by atoms with Crippen LogP contribution in [0.5, 0.6) is 0 Å². The summed E-state index contributed by atoms with van der Waals surface area (Å²) in [6, 6.07) is 0. The Balaban J connectivity index is 2.55. The van der Waals surface area contributed by atoms with Gasteiger partial charge in [-0.1, -0.05) is 6.92 Å². The Morgan fingerprint density at radius 1 is 1.60 bits per heavy atom. The van der Waals surface area contributed by atoms with E-state index in [2.05, 4.69) is 0 Å². The summed E-state index contributed by atoms with van der Waals surface area (Å²) < 4.78 is 22.0. The highest BCUT2D eigenvalue weighted by Gasteiger charge is 2.45. The van der Waals surface area contributed by atoms with Crippen LogP contribution in [0.3, 0.4) is 0 Å². The fraction of sp³-hybridized carbons (Fsp3) is 1.00. The first-order valence-corrected chi connectivity index (χ1v) is 5.15. The fourth-order valence-electron chi connectivity index (χ4n) is 1.07. The highest BCUT2D eigenvalue weighted by atomic mass is 32.2. The molecule has 2 atom stereocenters. The molecule has 0 amide bonds. The smallest absolute Gasteiger partial charge is 0.153 e. The standard InChI is InChI=1S/C6H12O3S/c1-2-10(8,9)6-3-5(6)4-7/h5-7H,2-4H2,1H3/t5-,6-/m1/s1. The summed E-state index contributed by atoms with van der Waals surface area (Å²) >= 11 is 0. The Labute approximate surface area is 61.0 Å². The summed E-state index contributed by atoms with van der Waals surface area (Å²) in [5, 5.41) is 8.34. The third kappa shape index (κ3) is 1.32. The van der Waals surface area contributed by atoms with Gasteiger partial charge >= 0.3 is 0 Å². The van der Waals surface area contributed by atoms with Crippen LogP contribution in [0.1, 0.15) is 13.3 Å². The van der Waals surface area contributed by atoms with E-state index >= 15 is 0 Å². The Morgan fingerprint density at radius 3 is 2.50 bits per heavy atom. The summed E-state index contributed by atoms with van der Waals surface area (Å²) in [5.41, 5.74) is 0. The van der Waals surface area contributed by atoms with Crippen LogP contribution in [0, 0.1) is 5.92 Å². The molecule has 0 heterocycles. The molecule has 0 radical (unpaired) electrons. The van der Waals surface area contributed by atoms with E-state index in [9.17, 15) is 8.42 Å². The van der Waals surface area contributed by atoms with Crippen LogP contribution in [0.4, 0.5) is 0 Å². The third-order valence-electron chi connectivity index (χ3n) is 1.96. The van der Waals surface area contributed by atoms with Crippen molar-refractivity contribution in [1.29, 1.82) is 0 Å². The van der Waals surface area contributed by atoms with Gasteiger partial charge in [0.25, 0.3) is 0 Å². The van der Waals surface area contributed by atoms with Crippen LogP contribution < -0.4 is 0 Å². The molecule has 1 fully saturated rings. The molecule has 0 aromatic carbocycles. The number of sulfone groups is 1. The van der Waals surface area contributed by atoms with Gasteiger partial charge in [0.2, 0.25) is 0 Å². The lowest BCUT2D eigenvalue weighted by atomic mass is 10.5. The number of aliphatic hydroxyl groups is 1. The molecule has 1 aliphatic carbocycles. The first kappa shape index (κ1) is 8.01. The average Bonchev–Trinajstić information content (AvgIpc) is 2.66. The SMILES string of the molecule is CCS(=O)(=O)[C@@H]1C[C@@H]1CO. The van der Waals surface area contributed by atoms with Gasteiger partial charge in [-0.25, -0.2) is 8.42 Å². The topological polar surface area (TPSA) is 54.4 Å². The van der Waals surface area contributed by atoms with Crippen molar-refractivity contribution in [2.45, 2.75) is 18.6 Å². The minimum absolute atomic E-state index is 0.0178. The van der Waals surface area contributed by atoms with E-state index in [0.29, 0.717) is 6.42 Å². The molecule has 1 saturated carbocycles. The largest absolute Gasteiger partial charge is 0.396 e. The van der Waals surface area contributed by atoms with Crippen molar-refractivity contribution in [3.8, 4) is 0 Å². The Morgan fingerprint density at radius 2 is 2.20 bits per heavy atom. The molecule has 10 heavy (non-hydrogen) atoms. The van der Waals surface area contributed by atoms with Crippen LogP contribution in [0.25, 0.3) is 0 Å². The monoisotopic (exact) mass is 164 g/mol. The Bertz CT molecular complexity index is 207. The predicted molar refractivity (Wildman–Crippen MR) is 38.4 cm³/mol. The number of hydrogen-bond donors (Lipinski definition) is 1. The maximum Gasteiger partial charge on any atom is 0.153 e. The lowest BCUT2D eigenvalue weighted by Gasteiger charge is -1.95. The molecule has 0 saturated heterocycles. The van der Waals surface area contributed by atoms with E-state index in [0.717, 1.165) is 0 Å². The van der Waals surface area contributed by atoms with Crippen molar-refractivity contribution >= 4 is 9.84 Å². The molecule has 0 unspecified atom stereocenters. The normalized spacial score (nSPS) is 32.2. The summed E-state index contributed by atoms with van der Waals surface area (Å²) in [7, 11) is -2.85. The van der Waals surface area contributed by atoms with Gasteiger partial charge in [0.05, 0.1) is 5.25 Å². The van der Waals surface area contributed by atoms with Gasteiger partial charge in [-0.2, -0.15) is 0 Å². The molecule has 0 spiro atoms. The first-order valence-electron chi connectivity index (χ1n) is 3.44. The van der Waals surface area contributed by atoms with Crippen molar-refractivity contribution in [3.63, 3.8) is 0 Å². The number of aliphatic hydroxyl groups excluding tert-OH is 1. The maximum atomic E-state index is 11.0. The average molecular weight is 164 g/mol. The Hall–Kier alpha value is -0.0900. The number of hydrogen-bond acceptors (Lipinski definition) is 3. The second-order valence-electron chi connectivity index (χ2n) is 2.67. The van der Waals surface area contributed by atoms with Crippen molar-refractivity contribution in [2.24, 2.45) is 5.92 Å². The molecule has 1 rings (SSSR count). The highest BCUT2D eigenvalue weighted by molar-refractivity contribution is 7.92. The maximum absolute atomic E-state index is 11.0. The van der Waals surface area contributed by atoms with Gasteiger partial charge in [0, 0.05) is 12.4 Å². The molecule has 1 aliphatic rings. The zero-order chi connectivity index (χ0) is 7.78. The van der Waals surface area contributed by atoms with Gasteiger partial charge < -0.3 is 5.11 Å². The quantitative estimate of drug-likeness (QED) is 0.628. The summed E-state index contributed by atoms with van der Waals surface area (Å²) in [6.07, 6.45) is 0.659. The molecule has 0 aromatic rings. The second kappa shape index (κ2) is 2.51. The van der Waals surface area contributed by atoms with E-state index in [-0.39, 0.29) is 23.5 Å². The first-order chi connectivity index (χ1) is 4.61. The van der Waals surface area contributed by atoms with Gasteiger partial charge in [0.1, 0.15) is 0 Å². The van der Waals surface area contributed by atoms with Crippen molar-refractivity contribution < 1.29 is 13.5 Å². The minimum atomic E-state index is -2.85. The lowest BCUT2D eigenvalue weighted by molar-refractivity contribution is 0.277. The third-order valence-corrected chi connectivity index (χ3v) is 4.26. The van der Waals surface area contributed by atoms with E-state index in [1.54, 1.807) is 6.92 Å². The Kier molecular flexibility index (Phi) is 2.01. The zero-order valence-corrected chi connectivity index (χ0v) is 6.76. The summed E-state index contributed by atoms with van der Waals surface area (Å²) in [6.45, 7) is 1.66. The van der Waals surface area contributed by atoms with Crippen LogP contribution in [-0.2, 0) is 9.84 Å². The highest BCUT2D eigenvalue weighted by Crippen LogP contribution is 2.36. The van der Waals surface area contributed by atoms with Crippen LogP contribution in [0.2, 0.25) is 0 Å². The van der Waals surface area contributed by atoms with E-state index in [4.69, 9.17) is 5.11 Å². The minimum Gasteiger partial charge on any atom is -0.396 e. The fourth-order valence-corrected chi connectivity index (χ4v) is 2.71. The van der Waals surface area contributed by atoms with Gasteiger partial charge in [-0.15, -0.1) is 0 Å². The van der Waals surface area contributed by atoms with E-state index in [1.165, 1.54) is 0 Å². The van der Waals surface area contributed by atoms with E-state index < -0.39 is 9.84 Å². The van der Waals surface area contributed by atoms with Gasteiger partial charge in [0.15, 0.2) is 9.84 Å². The molecule has 0 bridgehead atoms. The van der Waals surface area contributed by atoms with Crippen molar-refractivity contribution in [3.05, 3.63) is 0 Å². The molecule has 0 aromatic heterocycles. The van der Waals surface area contributed by atoms with Gasteiger partial charge in [-0.3, -0.25) is 0 Å². The van der Waals surface area contributed by atoms with E-state index in [1.807, 2.05) is 0 Å². The summed E-state index contributed by atoms with van der Waals surface area (Å²) in [4.78, 5) is 0. The lowest BCUT2D eigenvalue weighted by Crippen LogP contribution is -2.12. The molecule has 1 N–H and O–H groups in total. The van der Waals surface area contributed by atoms with Crippen LogP contribution >= 0.6 is 0 Å². The summed E-state index contributed by atoms with van der Waals surface area (Å²) in [5.74, 6) is 0.235. The molecular formula is C6H12O3S. The zero-order valence-electron chi connectivity index (χ0n) is 5.95. The van der Waals surface area contributed by atoms with Crippen molar-refractivity contribution in [2.75, 3.05) is 12.4 Å². The molecule has 60 valence electrons. The van der Waals surface area contributed by atoms with Crippen molar-refractivity contribution in [1.82, 2.24) is 0 Å². The number of rotatable bonds is 3. The molecule has 0 aliphatic heterocycles. The van der Waals surface area contributed by atoms with Gasteiger partial charge in [-0.05, 0) is 12.3 Å². The molecular weight excluding hydrogens is 152 g/mol.